The molecule has 1 saturated heterocycles. The number of morpholine rings is 1. The van der Waals surface area contributed by atoms with Crippen LogP contribution in [0.2, 0.25) is 0 Å². The number of carbonyl (C=O) groups excluding carboxylic acids is 1. The predicted molar refractivity (Wildman–Crippen MR) is 121 cm³/mol. The van der Waals surface area contributed by atoms with Gasteiger partial charge in [0.05, 0.1) is 23.4 Å². The van der Waals surface area contributed by atoms with Crippen LogP contribution in [-0.2, 0) is 16.1 Å². The Morgan fingerprint density at radius 1 is 1.47 bits per heavy atom. The van der Waals surface area contributed by atoms with Crippen molar-refractivity contribution in [3.05, 3.63) is 52.0 Å². The van der Waals surface area contributed by atoms with Crippen LogP contribution in [-0.4, -0.2) is 54.7 Å². The van der Waals surface area contributed by atoms with Crippen molar-refractivity contribution in [1.82, 2.24) is 15.2 Å². The van der Waals surface area contributed by atoms with Gasteiger partial charge in [0.15, 0.2) is 0 Å². The molecule has 1 aromatic carbocycles. The van der Waals surface area contributed by atoms with E-state index in [1.807, 2.05) is 36.6 Å². The molecule has 1 aliphatic rings. The first-order valence-corrected chi connectivity index (χ1v) is 11.3. The molecular weight excluding hydrogens is 398 g/mol. The zero-order valence-corrected chi connectivity index (χ0v) is 18.8. The third-order valence-electron chi connectivity index (χ3n) is 4.69. The fraction of sp³-hybridized carbons (Fsp3) is 0.478. The number of aryl methyl sites for hydroxylation is 1. The van der Waals surface area contributed by atoms with Crippen molar-refractivity contribution in [1.29, 1.82) is 0 Å². The molecule has 0 radical (unpaired) electrons. The van der Waals surface area contributed by atoms with Crippen LogP contribution in [0, 0.1) is 12.8 Å². The minimum Gasteiger partial charge on any atom is -0.487 e. The minimum absolute atomic E-state index is 0.0425. The van der Waals surface area contributed by atoms with E-state index in [0.717, 1.165) is 48.3 Å². The van der Waals surface area contributed by atoms with Gasteiger partial charge in [0.2, 0.25) is 5.91 Å². The third kappa shape index (κ3) is 7.55. The van der Waals surface area contributed by atoms with E-state index in [9.17, 15) is 4.79 Å². The number of ether oxygens (including phenoxy) is 2. The molecule has 0 bridgehead atoms. The lowest BCUT2D eigenvalue weighted by atomic mass is 10.2. The Morgan fingerprint density at radius 2 is 2.33 bits per heavy atom. The molecule has 30 heavy (non-hydrogen) atoms. The van der Waals surface area contributed by atoms with Crippen LogP contribution in [0.5, 0.6) is 5.75 Å². The lowest BCUT2D eigenvalue weighted by Gasteiger charge is -2.33. The highest BCUT2D eigenvalue weighted by atomic mass is 32.1. The summed E-state index contributed by atoms with van der Waals surface area (Å²) in [6.45, 7) is 11.0. The summed E-state index contributed by atoms with van der Waals surface area (Å²) in [5.41, 5.74) is 1.84. The van der Waals surface area contributed by atoms with Crippen LogP contribution in [0.1, 0.15) is 30.1 Å². The number of amides is 1. The van der Waals surface area contributed by atoms with Crippen LogP contribution in [0.25, 0.3) is 6.08 Å². The van der Waals surface area contributed by atoms with Gasteiger partial charge in [-0.3, -0.25) is 9.69 Å². The van der Waals surface area contributed by atoms with E-state index in [1.54, 1.807) is 23.5 Å². The number of rotatable bonds is 9. The number of benzene rings is 1. The van der Waals surface area contributed by atoms with Crippen LogP contribution in [0.15, 0.2) is 35.7 Å². The first-order chi connectivity index (χ1) is 14.5. The number of hydrogen-bond donors (Lipinski definition) is 1. The van der Waals surface area contributed by atoms with Crippen LogP contribution < -0.4 is 10.1 Å². The molecule has 1 fully saturated rings. The van der Waals surface area contributed by atoms with Gasteiger partial charge in [0.1, 0.15) is 12.4 Å². The van der Waals surface area contributed by atoms with Gasteiger partial charge >= 0.3 is 0 Å². The van der Waals surface area contributed by atoms with Gasteiger partial charge < -0.3 is 14.8 Å². The van der Waals surface area contributed by atoms with Crippen molar-refractivity contribution in [3.8, 4) is 5.75 Å². The fourth-order valence-corrected chi connectivity index (χ4v) is 3.97. The maximum atomic E-state index is 12.2. The molecule has 0 aliphatic carbocycles. The molecule has 1 aromatic heterocycles. The van der Waals surface area contributed by atoms with Crippen molar-refractivity contribution in [2.75, 3.05) is 32.8 Å². The lowest BCUT2D eigenvalue weighted by Crippen LogP contribution is -2.48. The second-order valence-electron chi connectivity index (χ2n) is 7.94. The van der Waals surface area contributed by atoms with E-state index < -0.39 is 0 Å². The van der Waals surface area contributed by atoms with E-state index in [1.165, 1.54) is 0 Å². The van der Waals surface area contributed by atoms with Crippen molar-refractivity contribution < 1.29 is 14.3 Å². The molecule has 6 nitrogen and oxygen atoms in total. The number of thiazole rings is 1. The Morgan fingerprint density at radius 3 is 3.10 bits per heavy atom. The summed E-state index contributed by atoms with van der Waals surface area (Å²) in [4.78, 5) is 19.0. The summed E-state index contributed by atoms with van der Waals surface area (Å²) < 4.78 is 11.6. The average Bonchev–Trinajstić information content (AvgIpc) is 3.14. The molecule has 0 saturated carbocycles. The van der Waals surface area contributed by atoms with E-state index in [2.05, 4.69) is 29.0 Å². The van der Waals surface area contributed by atoms with Gasteiger partial charge in [-0.05, 0) is 36.6 Å². The highest BCUT2D eigenvalue weighted by Crippen LogP contribution is 2.17. The molecule has 1 N–H and O–H groups in total. The number of hydrogen-bond acceptors (Lipinski definition) is 6. The van der Waals surface area contributed by atoms with Gasteiger partial charge in [-0.1, -0.05) is 26.0 Å². The predicted octanol–water partition coefficient (Wildman–Crippen LogP) is 3.52. The summed E-state index contributed by atoms with van der Waals surface area (Å²) in [6.07, 6.45) is 3.39. The molecule has 1 aliphatic heterocycles. The summed E-state index contributed by atoms with van der Waals surface area (Å²) in [7, 11) is 0. The van der Waals surface area contributed by atoms with Gasteiger partial charge in [0, 0.05) is 37.6 Å². The number of aromatic nitrogens is 1. The zero-order chi connectivity index (χ0) is 21.3. The molecule has 162 valence electrons. The number of nitrogens with zero attached hydrogens (tertiary/aromatic N) is 2. The third-order valence-corrected chi connectivity index (χ3v) is 5.51. The maximum Gasteiger partial charge on any atom is 0.244 e. The Kier molecular flexibility index (Phi) is 8.42. The van der Waals surface area contributed by atoms with E-state index in [4.69, 9.17) is 9.47 Å². The molecular formula is C23H31N3O3S. The Bertz CT molecular complexity index is 850. The van der Waals surface area contributed by atoms with Crippen LogP contribution in [0.3, 0.4) is 0 Å². The average molecular weight is 430 g/mol. The quantitative estimate of drug-likeness (QED) is 0.618. The van der Waals surface area contributed by atoms with Gasteiger partial charge in [0.25, 0.3) is 0 Å². The molecule has 3 rings (SSSR count). The van der Waals surface area contributed by atoms with Crippen molar-refractivity contribution in [2.24, 2.45) is 5.92 Å². The molecule has 1 unspecified atom stereocenters. The standard InChI is InChI=1S/C23H31N3O3S/c1-17(2)13-26-9-10-28-22(14-26)12-24-23(27)8-7-19-5-4-6-21(11-19)29-15-20-16-30-18(3)25-20/h4-8,11,16-17,22H,9-10,12-15H2,1-3H3,(H,24,27)/b8-7+. The zero-order valence-electron chi connectivity index (χ0n) is 18.0. The largest absolute Gasteiger partial charge is 0.487 e. The van der Waals surface area contributed by atoms with Gasteiger partial charge in [-0.25, -0.2) is 4.98 Å². The van der Waals surface area contributed by atoms with Crippen LogP contribution in [0.4, 0.5) is 0 Å². The summed E-state index contributed by atoms with van der Waals surface area (Å²) in [6, 6.07) is 7.67. The second kappa shape index (κ2) is 11.2. The minimum atomic E-state index is -0.121. The van der Waals surface area contributed by atoms with Gasteiger partial charge in [-0.15, -0.1) is 11.3 Å². The Balaban J connectivity index is 1.44. The summed E-state index contributed by atoms with van der Waals surface area (Å²) >= 11 is 1.61. The molecule has 0 spiro atoms. The van der Waals surface area contributed by atoms with E-state index in [-0.39, 0.29) is 12.0 Å². The van der Waals surface area contributed by atoms with Crippen molar-refractivity contribution >= 4 is 23.3 Å². The monoisotopic (exact) mass is 429 g/mol. The summed E-state index contributed by atoms with van der Waals surface area (Å²) in [5.74, 6) is 1.26. The van der Waals surface area contributed by atoms with Crippen molar-refractivity contribution in [3.63, 3.8) is 0 Å². The van der Waals surface area contributed by atoms with E-state index in [0.29, 0.717) is 19.1 Å². The Hall–Kier alpha value is -2.22. The lowest BCUT2D eigenvalue weighted by molar-refractivity contribution is -0.117. The number of nitrogens with one attached hydrogen (secondary N) is 1. The molecule has 2 aromatic rings. The molecule has 7 heteroatoms. The number of carbonyl (C=O) groups is 1. The first kappa shape index (κ1) is 22.5. The SMILES string of the molecule is Cc1nc(COc2cccc(/C=C/C(=O)NCC3CN(CC(C)C)CCO3)c2)cs1. The topological polar surface area (TPSA) is 63.7 Å². The molecule has 1 atom stereocenters. The highest BCUT2D eigenvalue weighted by Gasteiger charge is 2.21. The smallest absolute Gasteiger partial charge is 0.244 e. The molecule has 2 heterocycles. The van der Waals surface area contributed by atoms with Gasteiger partial charge in [-0.2, -0.15) is 0 Å². The Labute approximate surface area is 182 Å². The fourth-order valence-electron chi connectivity index (χ4n) is 3.37. The van der Waals surface area contributed by atoms with E-state index >= 15 is 0 Å². The molecule has 1 amide bonds. The van der Waals surface area contributed by atoms with Crippen molar-refractivity contribution in [2.45, 2.75) is 33.5 Å². The summed E-state index contributed by atoms with van der Waals surface area (Å²) in [5, 5.41) is 5.98. The highest BCUT2D eigenvalue weighted by molar-refractivity contribution is 7.09. The second-order valence-corrected chi connectivity index (χ2v) is 9.01. The van der Waals surface area contributed by atoms with Crippen LogP contribution >= 0.6 is 11.3 Å². The maximum absolute atomic E-state index is 12.2. The first-order valence-electron chi connectivity index (χ1n) is 10.4. The normalized spacial score (nSPS) is 17.5.